The van der Waals surface area contributed by atoms with Crippen molar-refractivity contribution in [2.75, 3.05) is 9.80 Å². The number of aromatic nitrogens is 5. The highest BCUT2D eigenvalue weighted by Crippen LogP contribution is 2.49. The number of anilines is 6. The molecule has 2 aliphatic heterocycles. The standard InChI is InChI=1S/C90H56BN7/c1-11-31-76-64(21-1)65-22-2-12-32-77(65)92(76)57-41-45-59(46-42-57)94-86-53-61(96-80-35-15-5-25-68(80)69-26-6-16-36-81(69)96)49-51-74(86)91-75-52-50-62(97-82-37-17-7-27-70(82)71-28-8-18-38-83(71)97)54-87(75)95(60-47-43-58(44-48-60)93-78-33-13-3-23-66(78)67-24-4-14-34-79(67)93)89-56-63(55-88(94)90(89)91)98-84-39-19-9-29-72(84)73-30-10-20-40-85(73)98/h1-56H. The van der Waals surface area contributed by atoms with Gasteiger partial charge in [-0.25, -0.2) is 0 Å². The maximum atomic E-state index is 2.59. The van der Waals surface area contributed by atoms with Crippen LogP contribution in [0.1, 0.15) is 0 Å². The summed E-state index contributed by atoms with van der Waals surface area (Å²) < 4.78 is 12.3. The summed E-state index contributed by atoms with van der Waals surface area (Å²) in [6.07, 6.45) is 0. The Hall–Kier alpha value is -13.0. The van der Waals surface area contributed by atoms with Crippen molar-refractivity contribution in [3.05, 3.63) is 340 Å². The molecule has 7 nitrogen and oxygen atoms in total. The van der Waals surface area contributed by atoms with E-state index in [0.29, 0.717) is 0 Å². The third-order valence-electron chi connectivity index (χ3n) is 21.4. The highest BCUT2D eigenvalue weighted by atomic mass is 15.2. The van der Waals surface area contributed by atoms with Crippen molar-refractivity contribution in [3.63, 3.8) is 0 Å². The van der Waals surface area contributed by atoms with Gasteiger partial charge in [0.2, 0.25) is 0 Å². The molecule has 0 fully saturated rings. The minimum Gasteiger partial charge on any atom is -0.311 e. The molecule has 5 aromatic heterocycles. The molecule has 0 aliphatic carbocycles. The van der Waals surface area contributed by atoms with E-state index in [2.05, 4.69) is 372 Å². The van der Waals surface area contributed by atoms with Gasteiger partial charge in [0.15, 0.2) is 0 Å². The zero-order valence-electron chi connectivity index (χ0n) is 53.0. The van der Waals surface area contributed by atoms with Crippen LogP contribution in [0.25, 0.3) is 137 Å². The second kappa shape index (κ2) is 20.2. The monoisotopic (exact) mass is 1250 g/mol. The predicted octanol–water partition coefficient (Wildman–Crippen LogP) is 21.3. The van der Waals surface area contributed by atoms with Gasteiger partial charge in [0.1, 0.15) is 0 Å². The summed E-state index contributed by atoms with van der Waals surface area (Å²) in [6, 6.07) is 127. The Kier molecular flexibility index (Phi) is 11.0. The van der Waals surface area contributed by atoms with Crippen LogP contribution < -0.4 is 26.2 Å². The third kappa shape index (κ3) is 7.37. The molecule has 0 radical (unpaired) electrons. The van der Waals surface area contributed by atoms with Crippen LogP contribution in [0, 0.1) is 0 Å². The van der Waals surface area contributed by atoms with Gasteiger partial charge in [-0.3, -0.25) is 0 Å². The zero-order valence-corrected chi connectivity index (χ0v) is 53.0. The number of hydrogen-bond donors (Lipinski definition) is 0. The molecule has 0 saturated carbocycles. The van der Waals surface area contributed by atoms with Crippen LogP contribution in [-0.2, 0) is 0 Å². The van der Waals surface area contributed by atoms with Gasteiger partial charge >= 0.3 is 0 Å². The Labute approximate surface area is 563 Å². The number of nitrogens with zero attached hydrogens (tertiary/aromatic N) is 7. The number of hydrogen-bond acceptors (Lipinski definition) is 2. The molecule has 20 aromatic rings. The largest absolute Gasteiger partial charge is 0.311 e. The molecule has 0 bridgehead atoms. The fraction of sp³-hybridized carbons (Fsp3) is 0. The number of rotatable bonds is 7. The van der Waals surface area contributed by atoms with E-state index in [-0.39, 0.29) is 6.71 Å². The lowest BCUT2D eigenvalue weighted by atomic mass is 9.33. The molecule has 0 saturated heterocycles. The smallest absolute Gasteiger partial charge is 0.252 e. The predicted molar refractivity (Wildman–Crippen MR) is 412 cm³/mol. The second-order valence-corrected chi connectivity index (χ2v) is 26.4. The zero-order chi connectivity index (χ0) is 63.8. The molecule has 0 atom stereocenters. The average Bonchev–Trinajstić information content (AvgIpc) is 0.811. The molecule has 98 heavy (non-hydrogen) atoms. The summed E-state index contributed by atoms with van der Waals surface area (Å²) in [5, 5.41) is 12.3. The van der Waals surface area contributed by atoms with E-state index >= 15 is 0 Å². The van der Waals surface area contributed by atoms with Crippen molar-refractivity contribution in [1.82, 2.24) is 22.8 Å². The Morgan fingerprint density at radius 3 is 0.612 bits per heavy atom. The normalized spacial score (nSPS) is 12.8. The van der Waals surface area contributed by atoms with E-state index in [0.717, 1.165) is 73.6 Å². The summed E-state index contributed by atoms with van der Waals surface area (Å²) >= 11 is 0. The van der Waals surface area contributed by atoms with E-state index in [1.165, 1.54) is 114 Å². The lowest BCUT2D eigenvalue weighted by Gasteiger charge is -2.44. The lowest BCUT2D eigenvalue weighted by molar-refractivity contribution is 1.14. The summed E-state index contributed by atoms with van der Waals surface area (Å²) in [6.45, 7) is -0.196. The van der Waals surface area contributed by atoms with Gasteiger partial charge in [0.05, 0.1) is 60.9 Å². The van der Waals surface area contributed by atoms with Gasteiger partial charge in [0.25, 0.3) is 6.71 Å². The minimum atomic E-state index is -0.196. The molecule has 22 rings (SSSR count). The molecule has 0 N–H and O–H groups in total. The lowest BCUT2D eigenvalue weighted by Crippen LogP contribution is -2.61. The Morgan fingerprint density at radius 2 is 0.357 bits per heavy atom. The van der Waals surface area contributed by atoms with Gasteiger partial charge in [-0.05, 0) is 162 Å². The van der Waals surface area contributed by atoms with Crippen molar-refractivity contribution in [2.24, 2.45) is 0 Å². The first-order valence-electron chi connectivity index (χ1n) is 33.9. The summed E-state index contributed by atoms with van der Waals surface area (Å²) in [5.74, 6) is 0. The average molecular weight is 1250 g/mol. The minimum absolute atomic E-state index is 0.196. The maximum absolute atomic E-state index is 2.59. The van der Waals surface area contributed by atoms with E-state index in [4.69, 9.17) is 0 Å². The molecule has 2 aliphatic rings. The molecular weight excluding hydrogens is 1190 g/mol. The van der Waals surface area contributed by atoms with Gasteiger partial charge in [-0.2, -0.15) is 0 Å². The Morgan fingerprint density at radius 1 is 0.163 bits per heavy atom. The van der Waals surface area contributed by atoms with Crippen molar-refractivity contribution >= 4 is 166 Å². The molecule has 15 aromatic carbocycles. The van der Waals surface area contributed by atoms with Crippen LogP contribution in [0.15, 0.2) is 340 Å². The van der Waals surface area contributed by atoms with Gasteiger partial charge in [0, 0.05) is 111 Å². The third-order valence-corrected chi connectivity index (χ3v) is 21.4. The van der Waals surface area contributed by atoms with Gasteiger partial charge < -0.3 is 32.6 Å². The first kappa shape index (κ1) is 53.3. The summed E-state index contributed by atoms with van der Waals surface area (Å²) in [5.41, 5.74) is 27.5. The molecule has 7 heterocycles. The van der Waals surface area contributed by atoms with Crippen molar-refractivity contribution in [3.8, 4) is 28.4 Å². The molecule has 454 valence electrons. The van der Waals surface area contributed by atoms with E-state index in [1.54, 1.807) is 0 Å². The SMILES string of the molecule is c1ccc2c(c1)c1ccccc1n2-c1ccc(N2c3cc(-n4c5ccccc5c5ccccc54)ccc3B3c4ccc(-n5c6ccccc6c6ccccc65)cc4N(c4ccc(-n5c6ccccc6c6ccccc65)cc4)c4cc(-n5c6ccccc6c6ccccc65)cc2c43)cc1. The topological polar surface area (TPSA) is 31.1 Å². The maximum Gasteiger partial charge on any atom is 0.252 e. The van der Waals surface area contributed by atoms with Crippen LogP contribution in [0.4, 0.5) is 34.1 Å². The second-order valence-electron chi connectivity index (χ2n) is 26.4. The fourth-order valence-electron chi connectivity index (χ4n) is 17.4. The van der Waals surface area contributed by atoms with Crippen LogP contribution in [-0.4, -0.2) is 29.5 Å². The number of para-hydroxylation sites is 10. The van der Waals surface area contributed by atoms with E-state index in [9.17, 15) is 0 Å². The van der Waals surface area contributed by atoms with Gasteiger partial charge in [-0.15, -0.1) is 0 Å². The van der Waals surface area contributed by atoms with Crippen LogP contribution in [0.2, 0.25) is 0 Å². The summed E-state index contributed by atoms with van der Waals surface area (Å²) in [4.78, 5) is 5.19. The highest BCUT2D eigenvalue weighted by molar-refractivity contribution is 7.00. The molecular formula is C90H56BN7. The van der Waals surface area contributed by atoms with E-state index < -0.39 is 0 Å². The fourth-order valence-corrected chi connectivity index (χ4v) is 17.4. The molecule has 0 unspecified atom stereocenters. The number of benzene rings is 15. The molecule has 0 spiro atoms. The Balaban J connectivity index is 0.852. The molecule has 8 heteroatoms. The van der Waals surface area contributed by atoms with Gasteiger partial charge in [-0.1, -0.05) is 194 Å². The quantitative estimate of drug-likeness (QED) is 0.149. The molecule has 0 amide bonds. The Bertz CT molecular complexity index is 6160. The van der Waals surface area contributed by atoms with E-state index in [1.807, 2.05) is 0 Å². The van der Waals surface area contributed by atoms with Crippen LogP contribution in [0.5, 0.6) is 0 Å². The van der Waals surface area contributed by atoms with Crippen molar-refractivity contribution in [2.45, 2.75) is 0 Å². The van der Waals surface area contributed by atoms with Crippen LogP contribution >= 0.6 is 0 Å². The highest BCUT2D eigenvalue weighted by Gasteiger charge is 2.44. The first-order valence-corrected chi connectivity index (χ1v) is 33.9. The number of fused-ring (bicyclic) bond motifs is 19. The van der Waals surface area contributed by atoms with Crippen LogP contribution in [0.3, 0.4) is 0 Å². The van der Waals surface area contributed by atoms with Crippen molar-refractivity contribution in [1.29, 1.82) is 0 Å². The summed E-state index contributed by atoms with van der Waals surface area (Å²) in [7, 11) is 0. The van der Waals surface area contributed by atoms with Crippen molar-refractivity contribution < 1.29 is 0 Å². The first-order chi connectivity index (χ1) is 48.7.